The summed E-state index contributed by atoms with van der Waals surface area (Å²) in [6.07, 6.45) is 0.341. The van der Waals surface area contributed by atoms with Gasteiger partial charge in [-0.25, -0.2) is 4.98 Å². The van der Waals surface area contributed by atoms with Crippen LogP contribution in [-0.2, 0) is 11.2 Å². The minimum absolute atomic E-state index is 0.0919. The second-order valence-corrected chi connectivity index (χ2v) is 5.83. The van der Waals surface area contributed by atoms with E-state index in [2.05, 4.69) is 26.2 Å². The number of nitrogen functional groups attached to an aromatic ring is 1. The first-order valence-corrected chi connectivity index (χ1v) is 7.45. The molecule has 2 heterocycles. The number of pyridine rings is 1. The van der Waals surface area contributed by atoms with Crippen molar-refractivity contribution in [2.45, 2.75) is 20.3 Å². The van der Waals surface area contributed by atoms with Crippen molar-refractivity contribution in [2.24, 2.45) is 0 Å². The van der Waals surface area contributed by atoms with Crippen LogP contribution in [0.4, 0.5) is 11.5 Å². The monoisotopic (exact) mass is 339 g/mol. The van der Waals surface area contributed by atoms with Crippen LogP contribution in [0.3, 0.4) is 0 Å². The van der Waals surface area contributed by atoms with Gasteiger partial charge in [0.15, 0.2) is 0 Å². The van der Waals surface area contributed by atoms with Gasteiger partial charge in [0, 0.05) is 4.47 Å². The van der Waals surface area contributed by atoms with E-state index >= 15 is 0 Å². The van der Waals surface area contributed by atoms with E-state index in [0.717, 1.165) is 21.3 Å². The number of carbonyl (C=O) groups excluding carboxylic acids is 1. The Kier molecular flexibility index (Phi) is 4.21. The highest BCUT2D eigenvalue weighted by molar-refractivity contribution is 9.10. The minimum atomic E-state index is -0.0919. The number of carbonyl (C=O) groups is 1. The van der Waals surface area contributed by atoms with E-state index in [1.54, 1.807) is 11.3 Å². The third-order valence-electron chi connectivity index (χ3n) is 2.78. The highest BCUT2D eigenvalue weighted by atomic mass is 79.9. The summed E-state index contributed by atoms with van der Waals surface area (Å²) in [5, 5.41) is 6.74. The maximum atomic E-state index is 12.0. The number of halogens is 1. The third kappa shape index (κ3) is 3.13. The predicted molar refractivity (Wildman–Crippen MR) is 82.5 cm³/mol. The first-order chi connectivity index (χ1) is 8.99. The highest BCUT2D eigenvalue weighted by Gasteiger charge is 2.14. The summed E-state index contributed by atoms with van der Waals surface area (Å²) in [5.41, 5.74) is 9.15. The number of hydrogen-bond acceptors (Lipinski definition) is 4. The van der Waals surface area contributed by atoms with Gasteiger partial charge in [-0.2, -0.15) is 11.3 Å². The Labute approximate surface area is 124 Å². The Morgan fingerprint density at radius 3 is 2.89 bits per heavy atom. The van der Waals surface area contributed by atoms with E-state index in [9.17, 15) is 4.79 Å². The van der Waals surface area contributed by atoms with Gasteiger partial charge in [0.05, 0.1) is 17.8 Å². The average molecular weight is 340 g/mol. The normalized spacial score (nSPS) is 10.5. The van der Waals surface area contributed by atoms with Gasteiger partial charge in [0.1, 0.15) is 5.82 Å². The molecule has 0 aliphatic carbocycles. The van der Waals surface area contributed by atoms with E-state index in [4.69, 9.17) is 5.73 Å². The number of nitrogens with one attached hydrogen (secondary N) is 1. The molecule has 3 N–H and O–H groups in total. The number of aromatic nitrogens is 1. The van der Waals surface area contributed by atoms with Crippen molar-refractivity contribution in [3.8, 4) is 0 Å². The van der Waals surface area contributed by atoms with Crippen LogP contribution >= 0.6 is 27.3 Å². The Hall–Kier alpha value is -1.40. The lowest BCUT2D eigenvalue weighted by atomic mass is 10.2. The lowest BCUT2D eigenvalue weighted by Crippen LogP contribution is -2.17. The fourth-order valence-electron chi connectivity index (χ4n) is 1.78. The van der Waals surface area contributed by atoms with E-state index in [1.165, 1.54) is 0 Å². The van der Waals surface area contributed by atoms with Crippen LogP contribution in [0.2, 0.25) is 0 Å². The Morgan fingerprint density at radius 1 is 1.53 bits per heavy atom. The molecule has 0 spiro atoms. The number of thiophene rings is 1. The van der Waals surface area contributed by atoms with Gasteiger partial charge in [0.2, 0.25) is 5.91 Å². The number of nitrogens with zero attached hydrogens (tertiary/aromatic N) is 1. The maximum Gasteiger partial charge on any atom is 0.228 e. The zero-order chi connectivity index (χ0) is 14.0. The van der Waals surface area contributed by atoms with Crippen LogP contribution in [-0.4, -0.2) is 10.9 Å². The fourth-order valence-corrected chi connectivity index (χ4v) is 2.73. The van der Waals surface area contributed by atoms with E-state index in [0.29, 0.717) is 17.9 Å². The molecular formula is C13H14BrN3OS. The van der Waals surface area contributed by atoms with Crippen molar-refractivity contribution in [3.63, 3.8) is 0 Å². The molecule has 2 aromatic rings. The van der Waals surface area contributed by atoms with Crippen LogP contribution in [0.5, 0.6) is 0 Å². The van der Waals surface area contributed by atoms with Gasteiger partial charge < -0.3 is 11.1 Å². The van der Waals surface area contributed by atoms with Crippen molar-refractivity contribution in [1.29, 1.82) is 0 Å². The highest BCUT2D eigenvalue weighted by Crippen LogP contribution is 2.30. The summed E-state index contributed by atoms with van der Waals surface area (Å²) in [6.45, 7) is 3.76. The molecule has 2 aromatic heterocycles. The molecule has 0 unspecified atom stereocenters. The number of amides is 1. The lowest BCUT2D eigenvalue weighted by Gasteiger charge is -2.13. The maximum absolute atomic E-state index is 12.0. The molecule has 6 heteroatoms. The van der Waals surface area contributed by atoms with E-state index in [1.807, 2.05) is 30.7 Å². The zero-order valence-electron chi connectivity index (χ0n) is 10.7. The molecule has 100 valence electrons. The van der Waals surface area contributed by atoms with Gasteiger partial charge in [-0.15, -0.1) is 0 Å². The molecule has 0 radical (unpaired) electrons. The molecule has 0 aromatic carbocycles. The summed E-state index contributed by atoms with van der Waals surface area (Å²) in [6, 6.07) is 1.93. The number of nitrogens with two attached hydrogens (primary N) is 1. The number of hydrogen-bond donors (Lipinski definition) is 2. The summed E-state index contributed by atoms with van der Waals surface area (Å²) in [4.78, 5) is 16.2. The molecule has 0 bridgehead atoms. The van der Waals surface area contributed by atoms with E-state index < -0.39 is 0 Å². The van der Waals surface area contributed by atoms with Crippen LogP contribution in [0.25, 0.3) is 0 Å². The molecule has 0 saturated carbocycles. The molecule has 0 atom stereocenters. The molecule has 2 rings (SSSR count). The quantitative estimate of drug-likeness (QED) is 0.901. The molecule has 19 heavy (non-hydrogen) atoms. The Morgan fingerprint density at radius 2 is 2.26 bits per heavy atom. The molecule has 0 aliphatic heterocycles. The van der Waals surface area contributed by atoms with Gasteiger partial charge in [-0.05, 0) is 57.7 Å². The van der Waals surface area contributed by atoms with Crippen LogP contribution in [0.15, 0.2) is 21.3 Å². The van der Waals surface area contributed by atoms with Gasteiger partial charge in [-0.3, -0.25) is 4.79 Å². The second kappa shape index (κ2) is 5.71. The standard InChI is InChI=1S/C13H14BrN3OS/c1-7-11(14)8(2)16-13(15)12(7)17-10(18)5-9-3-4-19-6-9/h3-4,6H,5H2,1-2H3,(H2,15,16)(H,17,18). The van der Waals surface area contributed by atoms with Gasteiger partial charge in [-0.1, -0.05) is 0 Å². The third-order valence-corrected chi connectivity index (χ3v) is 4.68. The van der Waals surface area contributed by atoms with Gasteiger partial charge >= 0.3 is 0 Å². The lowest BCUT2D eigenvalue weighted by molar-refractivity contribution is -0.115. The topological polar surface area (TPSA) is 68.0 Å². The molecule has 0 saturated heterocycles. The Bertz CT molecular complexity index is 611. The minimum Gasteiger partial charge on any atom is -0.382 e. The van der Waals surface area contributed by atoms with Crippen molar-refractivity contribution in [1.82, 2.24) is 4.98 Å². The smallest absolute Gasteiger partial charge is 0.228 e. The first-order valence-electron chi connectivity index (χ1n) is 5.72. The summed E-state index contributed by atoms with van der Waals surface area (Å²) in [5.74, 6) is 0.252. The number of rotatable bonds is 3. The van der Waals surface area contributed by atoms with Crippen LogP contribution in [0.1, 0.15) is 16.8 Å². The largest absolute Gasteiger partial charge is 0.382 e. The fraction of sp³-hybridized carbons (Fsp3) is 0.231. The number of anilines is 2. The zero-order valence-corrected chi connectivity index (χ0v) is 13.1. The van der Waals surface area contributed by atoms with Crippen molar-refractivity contribution >= 4 is 44.7 Å². The van der Waals surface area contributed by atoms with Gasteiger partial charge in [0.25, 0.3) is 0 Å². The summed E-state index contributed by atoms with van der Waals surface area (Å²) >= 11 is 5.02. The molecule has 0 aliphatic rings. The number of aryl methyl sites for hydroxylation is 1. The molecule has 0 fully saturated rings. The summed E-state index contributed by atoms with van der Waals surface area (Å²) in [7, 11) is 0. The van der Waals surface area contributed by atoms with E-state index in [-0.39, 0.29) is 5.91 Å². The van der Waals surface area contributed by atoms with Crippen molar-refractivity contribution in [3.05, 3.63) is 38.1 Å². The van der Waals surface area contributed by atoms with Crippen molar-refractivity contribution < 1.29 is 4.79 Å². The summed E-state index contributed by atoms with van der Waals surface area (Å²) < 4.78 is 0.868. The van der Waals surface area contributed by atoms with Crippen LogP contribution in [0, 0.1) is 13.8 Å². The average Bonchev–Trinajstić information content (AvgIpc) is 2.85. The molecule has 4 nitrogen and oxygen atoms in total. The first kappa shape index (κ1) is 14.0. The predicted octanol–water partition coefficient (Wildman–Crippen LogP) is 3.29. The van der Waals surface area contributed by atoms with Crippen molar-refractivity contribution in [2.75, 3.05) is 11.1 Å². The molecular weight excluding hydrogens is 326 g/mol. The molecule has 1 amide bonds. The Balaban J connectivity index is 2.19. The SMILES string of the molecule is Cc1nc(N)c(NC(=O)Cc2ccsc2)c(C)c1Br. The second-order valence-electron chi connectivity index (χ2n) is 4.25. The van der Waals surface area contributed by atoms with Crippen LogP contribution < -0.4 is 11.1 Å².